The lowest BCUT2D eigenvalue weighted by Crippen LogP contribution is -2.03. The monoisotopic (exact) mass is 426 g/mol. The van der Waals surface area contributed by atoms with Gasteiger partial charge >= 0.3 is 0 Å². The van der Waals surface area contributed by atoms with Crippen LogP contribution in [-0.2, 0) is 0 Å². The van der Waals surface area contributed by atoms with E-state index in [2.05, 4.69) is 36.6 Å². The van der Waals surface area contributed by atoms with E-state index < -0.39 is 0 Å². The Morgan fingerprint density at radius 2 is 1.90 bits per heavy atom. The van der Waals surface area contributed by atoms with Gasteiger partial charge in [0.25, 0.3) is 0 Å². The van der Waals surface area contributed by atoms with Gasteiger partial charge in [0.05, 0.1) is 34.7 Å². The smallest absolute Gasteiger partial charge is 0.231 e. The molecule has 2 heterocycles. The molecule has 0 saturated carbocycles. The summed E-state index contributed by atoms with van der Waals surface area (Å²) in [4.78, 5) is 16.3. The summed E-state index contributed by atoms with van der Waals surface area (Å²) in [6.45, 7) is 1.92. The third-order valence-electron chi connectivity index (χ3n) is 4.46. The fourth-order valence-electron chi connectivity index (χ4n) is 3.01. The van der Waals surface area contributed by atoms with Crippen molar-refractivity contribution in [2.75, 3.05) is 10.6 Å². The van der Waals surface area contributed by atoms with Crippen molar-refractivity contribution in [3.8, 4) is 12.1 Å². The first kappa shape index (κ1) is 19.9. The lowest BCUT2D eigenvalue weighted by atomic mass is 10.1. The molecule has 9 heteroatoms. The number of nitrogens with zero attached hydrogens (tertiary/aromatic N) is 5. The van der Waals surface area contributed by atoms with Crippen LogP contribution in [0.2, 0.25) is 5.02 Å². The minimum absolute atomic E-state index is 0.342. The molecule has 0 atom stereocenters. The Hall–Kier alpha value is -4.40. The lowest BCUT2D eigenvalue weighted by Gasteiger charge is -2.14. The van der Waals surface area contributed by atoms with Crippen LogP contribution in [0.15, 0.2) is 48.8 Å². The zero-order valence-corrected chi connectivity index (χ0v) is 17.1. The Balaban J connectivity index is 1.69. The molecule has 0 saturated heterocycles. The van der Waals surface area contributed by atoms with Crippen LogP contribution in [-0.4, -0.2) is 19.9 Å². The molecule has 4 rings (SSSR count). The Kier molecular flexibility index (Phi) is 5.48. The number of aryl methyl sites for hydroxylation is 1. The average molecular weight is 427 g/mol. The van der Waals surface area contributed by atoms with E-state index in [-0.39, 0.29) is 0 Å². The van der Waals surface area contributed by atoms with E-state index in [9.17, 15) is 0 Å². The summed E-state index contributed by atoms with van der Waals surface area (Å²) in [5.41, 5.74) is 4.82. The summed E-state index contributed by atoms with van der Waals surface area (Å²) in [6, 6.07) is 14.7. The van der Waals surface area contributed by atoms with Crippen molar-refractivity contribution in [1.82, 2.24) is 19.9 Å². The number of nitrogens with one attached hydrogen (secondary N) is 3. The summed E-state index contributed by atoms with van der Waals surface area (Å²) in [7, 11) is 0. The molecule has 0 aliphatic heterocycles. The highest BCUT2D eigenvalue weighted by Crippen LogP contribution is 2.32. The molecule has 0 bridgehead atoms. The molecule has 0 fully saturated rings. The number of H-pyrrole nitrogens is 1. The standard InChI is InChI=1S/C22H15ClN8/c1-13-9-15(3-2-8-24)10-17(23)18(13)29-21-19-20(27-12-26-19)30-22(31-21)28-16-6-4-14(11-25)5-7-16/h2-7,9-10,12H,1H3,(H3,26,27,28,29,30,31)/b3-2+. The number of halogens is 1. The fraction of sp³-hybridized carbons (Fsp3) is 0.0455. The van der Waals surface area contributed by atoms with Crippen molar-refractivity contribution in [3.05, 3.63) is 70.5 Å². The number of imidazole rings is 1. The van der Waals surface area contributed by atoms with Crippen molar-refractivity contribution in [2.24, 2.45) is 0 Å². The molecule has 8 nitrogen and oxygen atoms in total. The maximum atomic E-state index is 8.95. The largest absolute Gasteiger partial charge is 0.340 e. The SMILES string of the molecule is Cc1cc(/C=C/C#N)cc(Cl)c1Nc1nc(Nc2ccc(C#N)cc2)nc2nc[nH]c12. The van der Waals surface area contributed by atoms with Crippen LogP contribution in [0, 0.1) is 29.6 Å². The van der Waals surface area contributed by atoms with Crippen LogP contribution in [0.4, 0.5) is 23.1 Å². The molecule has 0 aliphatic carbocycles. The van der Waals surface area contributed by atoms with E-state index in [4.69, 9.17) is 22.1 Å². The molecule has 0 aliphatic rings. The second-order valence-electron chi connectivity index (χ2n) is 6.59. The number of aromatic nitrogens is 4. The average Bonchev–Trinajstić information content (AvgIpc) is 3.24. The number of fused-ring (bicyclic) bond motifs is 1. The van der Waals surface area contributed by atoms with Gasteiger partial charge in [0, 0.05) is 11.8 Å². The van der Waals surface area contributed by atoms with Crippen LogP contribution in [0.1, 0.15) is 16.7 Å². The lowest BCUT2D eigenvalue weighted by molar-refractivity contribution is 1.19. The van der Waals surface area contributed by atoms with Crippen LogP contribution < -0.4 is 10.6 Å². The van der Waals surface area contributed by atoms with Gasteiger partial charge in [0.1, 0.15) is 5.52 Å². The van der Waals surface area contributed by atoms with Crippen molar-refractivity contribution in [1.29, 1.82) is 10.5 Å². The number of hydrogen-bond donors (Lipinski definition) is 3. The van der Waals surface area contributed by atoms with Gasteiger partial charge in [-0.05, 0) is 60.5 Å². The third-order valence-corrected chi connectivity index (χ3v) is 4.76. The highest BCUT2D eigenvalue weighted by Gasteiger charge is 2.14. The Labute approximate surface area is 182 Å². The van der Waals surface area contributed by atoms with Crippen LogP contribution in [0.5, 0.6) is 0 Å². The van der Waals surface area contributed by atoms with Crippen molar-refractivity contribution < 1.29 is 0 Å². The Morgan fingerprint density at radius 1 is 1.10 bits per heavy atom. The van der Waals surface area contributed by atoms with Gasteiger partial charge in [-0.15, -0.1) is 0 Å². The first-order valence-corrected chi connectivity index (χ1v) is 9.57. The highest BCUT2D eigenvalue weighted by atomic mass is 35.5. The first-order chi connectivity index (χ1) is 15.1. The summed E-state index contributed by atoms with van der Waals surface area (Å²) in [6.07, 6.45) is 4.64. The van der Waals surface area contributed by atoms with Gasteiger partial charge in [-0.3, -0.25) is 0 Å². The number of aromatic amines is 1. The number of hydrogen-bond acceptors (Lipinski definition) is 7. The minimum atomic E-state index is 0.342. The normalized spacial score (nSPS) is 10.7. The van der Waals surface area contributed by atoms with E-state index in [1.807, 2.05) is 19.1 Å². The number of nitriles is 2. The Morgan fingerprint density at radius 3 is 2.61 bits per heavy atom. The zero-order chi connectivity index (χ0) is 21.8. The first-order valence-electron chi connectivity index (χ1n) is 9.19. The van der Waals surface area contributed by atoms with E-state index in [0.717, 1.165) is 16.8 Å². The topological polar surface area (TPSA) is 126 Å². The maximum Gasteiger partial charge on any atom is 0.231 e. The van der Waals surface area contributed by atoms with Gasteiger partial charge in [-0.25, -0.2) is 4.98 Å². The second-order valence-corrected chi connectivity index (χ2v) is 7.00. The van der Waals surface area contributed by atoms with Gasteiger partial charge < -0.3 is 15.6 Å². The fourth-order valence-corrected chi connectivity index (χ4v) is 3.34. The molecule has 4 aromatic rings. The van der Waals surface area contributed by atoms with Gasteiger partial charge in [-0.1, -0.05) is 11.6 Å². The van der Waals surface area contributed by atoms with Crippen molar-refractivity contribution in [2.45, 2.75) is 6.92 Å². The van der Waals surface area contributed by atoms with Crippen molar-refractivity contribution >= 4 is 52.0 Å². The number of benzene rings is 2. The minimum Gasteiger partial charge on any atom is -0.340 e. The molecule has 0 unspecified atom stereocenters. The zero-order valence-electron chi connectivity index (χ0n) is 16.3. The molecule has 3 N–H and O–H groups in total. The summed E-state index contributed by atoms with van der Waals surface area (Å²) in [5.74, 6) is 0.845. The quantitative estimate of drug-likeness (QED) is 0.374. The number of rotatable bonds is 5. The van der Waals surface area contributed by atoms with Gasteiger partial charge in [0.15, 0.2) is 11.5 Å². The van der Waals surface area contributed by atoms with Gasteiger partial charge in [-0.2, -0.15) is 20.5 Å². The van der Waals surface area contributed by atoms with E-state index in [0.29, 0.717) is 39.2 Å². The van der Waals surface area contributed by atoms with Gasteiger partial charge in [0.2, 0.25) is 5.95 Å². The van der Waals surface area contributed by atoms with Crippen LogP contribution in [0.25, 0.3) is 17.2 Å². The summed E-state index contributed by atoms with van der Waals surface area (Å²) >= 11 is 6.50. The molecule has 0 radical (unpaired) electrons. The predicted molar refractivity (Wildman–Crippen MR) is 120 cm³/mol. The molecule has 150 valence electrons. The summed E-state index contributed by atoms with van der Waals surface area (Å²) in [5, 5.41) is 24.6. The molecule has 0 amide bonds. The predicted octanol–water partition coefficient (Wildman–Crippen LogP) is 5.21. The molecule has 2 aromatic carbocycles. The van der Waals surface area contributed by atoms with E-state index in [1.54, 1.807) is 42.7 Å². The Bertz CT molecular complexity index is 1350. The second kappa shape index (κ2) is 8.54. The third kappa shape index (κ3) is 4.30. The molecule has 0 spiro atoms. The molecule has 2 aromatic heterocycles. The maximum absolute atomic E-state index is 8.95. The van der Waals surface area contributed by atoms with Crippen LogP contribution in [0.3, 0.4) is 0 Å². The van der Waals surface area contributed by atoms with E-state index >= 15 is 0 Å². The number of anilines is 4. The van der Waals surface area contributed by atoms with Crippen LogP contribution >= 0.6 is 11.6 Å². The number of allylic oxidation sites excluding steroid dienone is 1. The molecular weight excluding hydrogens is 412 g/mol. The summed E-state index contributed by atoms with van der Waals surface area (Å²) < 4.78 is 0. The highest BCUT2D eigenvalue weighted by molar-refractivity contribution is 6.33. The molecular formula is C22H15ClN8. The molecule has 31 heavy (non-hydrogen) atoms. The van der Waals surface area contributed by atoms with Crippen molar-refractivity contribution in [3.63, 3.8) is 0 Å². The van der Waals surface area contributed by atoms with E-state index in [1.165, 1.54) is 6.08 Å².